The first-order valence-electron chi connectivity index (χ1n) is 10.5. The summed E-state index contributed by atoms with van der Waals surface area (Å²) in [4.78, 5) is 28.0. The monoisotopic (exact) mass is 363 g/mol. The highest BCUT2D eigenvalue weighted by molar-refractivity contribution is 5.90. The molecule has 1 atom stereocenters. The molecule has 26 heavy (non-hydrogen) atoms. The molecule has 0 aromatic heterocycles. The Morgan fingerprint density at radius 3 is 2.04 bits per heavy atom. The van der Waals surface area contributed by atoms with Gasteiger partial charge in [-0.05, 0) is 89.3 Å². The van der Waals surface area contributed by atoms with Crippen molar-refractivity contribution in [3.8, 4) is 0 Å². The zero-order valence-electron chi connectivity index (χ0n) is 17.0. The van der Waals surface area contributed by atoms with Crippen LogP contribution in [0.25, 0.3) is 0 Å². The van der Waals surface area contributed by atoms with Crippen molar-refractivity contribution in [3.05, 3.63) is 0 Å². The van der Waals surface area contributed by atoms with E-state index >= 15 is 0 Å². The van der Waals surface area contributed by atoms with Crippen LogP contribution in [0.1, 0.15) is 58.8 Å². The third-order valence-electron chi connectivity index (χ3n) is 6.84. The van der Waals surface area contributed by atoms with Crippen LogP contribution in [0, 0.1) is 29.1 Å². The van der Waals surface area contributed by atoms with Crippen molar-refractivity contribution < 1.29 is 9.59 Å². The molecule has 1 unspecified atom stereocenters. The Labute approximate surface area is 158 Å². The Morgan fingerprint density at radius 2 is 1.58 bits per heavy atom. The van der Waals surface area contributed by atoms with Gasteiger partial charge in [-0.15, -0.1) is 0 Å². The molecule has 4 aliphatic rings. The average Bonchev–Trinajstić information content (AvgIpc) is 2.54. The zero-order chi connectivity index (χ0) is 18.9. The van der Waals surface area contributed by atoms with Gasteiger partial charge >= 0.3 is 0 Å². The summed E-state index contributed by atoms with van der Waals surface area (Å²) >= 11 is 0. The molecule has 4 bridgehead atoms. The van der Waals surface area contributed by atoms with Gasteiger partial charge in [0.25, 0.3) is 0 Å². The summed E-state index contributed by atoms with van der Waals surface area (Å²) < 4.78 is 0. The summed E-state index contributed by atoms with van der Waals surface area (Å²) in [7, 11) is 4.06. The van der Waals surface area contributed by atoms with E-state index in [1.165, 1.54) is 19.3 Å². The van der Waals surface area contributed by atoms with Crippen LogP contribution >= 0.6 is 0 Å². The van der Waals surface area contributed by atoms with Crippen molar-refractivity contribution in [2.24, 2.45) is 29.1 Å². The largest absolute Gasteiger partial charge is 0.354 e. The minimum atomic E-state index is -0.421. The third kappa shape index (κ3) is 4.24. The van der Waals surface area contributed by atoms with Crippen LogP contribution in [-0.2, 0) is 9.59 Å². The van der Waals surface area contributed by atoms with E-state index in [9.17, 15) is 9.59 Å². The molecule has 0 radical (unpaired) electrons. The summed E-state index contributed by atoms with van der Waals surface area (Å²) in [6, 6.07) is -0.421. The van der Waals surface area contributed by atoms with Gasteiger partial charge < -0.3 is 15.5 Å². The Balaban J connectivity index is 1.57. The molecule has 4 rings (SSSR count). The smallest absolute Gasteiger partial charge is 0.242 e. The molecule has 4 saturated carbocycles. The maximum absolute atomic E-state index is 13.2. The van der Waals surface area contributed by atoms with Crippen LogP contribution < -0.4 is 10.6 Å². The lowest BCUT2D eigenvalue weighted by Crippen LogP contribution is -2.58. The van der Waals surface area contributed by atoms with Crippen LogP contribution in [-0.4, -0.2) is 49.9 Å². The molecular weight excluding hydrogens is 326 g/mol. The minimum absolute atomic E-state index is 0.0307. The molecule has 5 nitrogen and oxygen atoms in total. The molecule has 0 heterocycles. The first kappa shape index (κ1) is 19.7. The van der Waals surface area contributed by atoms with Gasteiger partial charge in [-0.2, -0.15) is 0 Å². The molecule has 2 N–H and O–H groups in total. The lowest BCUT2D eigenvalue weighted by atomic mass is 9.49. The summed E-state index contributed by atoms with van der Waals surface area (Å²) in [5, 5.41) is 6.18. The van der Waals surface area contributed by atoms with Gasteiger partial charge in [-0.25, -0.2) is 0 Å². The van der Waals surface area contributed by atoms with Crippen molar-refractivity contribution in [3.63, 3.8) is 0 Å². The zero-order valence-corrected chi connectivity index (χ0v) is 17.0. The summed E-state index contributed by atoms with van der Waals surface area (Å²) in [6.07, 6.45) is 8.03. The van der Waals surface area contributed by atoms with E-state index in [2.05, 4.69) is 15.5 Å². The second kappa shape index (κ2) is 7.87. The molecule has 2 amide bonds. The van der Waals surface area contributed by atoms with Crippen LogP contribution in [0.5, 0.6) is 0 Å². The standard InChI is InChI=1S/C21H37N3O2/c1-14(2)18(19(25)22-6-5-7-24(3)4)23-20(26)21-11-15-8-16(12-21)10-17(9-15)13-21/h14-18H,5-13H2,1-4H3,(H,22,25)(H,23,26). The van der Waals surface area contributed by atoms with E-state index in [1.807, 2.05) is 27.9 Å². The number of nitrogens with one attached hydrogen (secondary N) is 2. The molecule has 4 aliphatic carbocycles. The Morgan fingerprint density at radius 1 is 1.04 bits per heavy atom. The van der Waals surface area contributed by atoms with Crippen LogP contribution in [0.2, 0.25) is 0 Å². The van der Waals surface area contributed by atoms with Crippen molar-refractivity contribution in [2.75, 3.05) is 27.2 Å². The quantitative estimate of drug-likeness (QED) is 0.651. The average molecular weight is 364 g/mol. The van der Waals surface area contributed by atoms with E-state index in [1.54, 1.807) is 0 Å². The van der Waals surface area contributed by atoms with Gasteiger partial charge in [0, 0.05) is 12.0 Å². The normalized spacial score (nSPS) is 33.5. The molecule has 0 aliphatic heterocycles. The van der Waals surface area contributed by atoms with Gasteiger partial charge in [0.2, 0.25) is 11.8 Å². The fourth-order valence-electron chi connectivity index (χ4n) is 5.93. The molecule has 148 valence electrons. The van der Waals surface area contributed by atoms with E-state index in [-0.39, 0.29) is 23.1 Å². The van der Waals surface area contributed by atoms with Gasteiger partial charge in [0.1, 0.15) is 6.04 Å². The number of amides is 2. The number of hydrogen-bond acceptors (Lipinski definition) is 3. The van der Waals surface area contributed by atoms with Crippen LogP contribution in [0.4, 0.5) is 0 Å². The minimum Gasteiger partial charge on any atom is -0.354 e. The fraction of sp³-hybridized carbons (Fsp3) is 0.905. The first-order chi connectivity index (χ1) is 12.3. The summed E-state index contributed by atoms with van der Waals surface area (Å²) in [5.41, 5.74) is -0.187. The highest BCUT2D eigenvalue weighted by Crippen LogP contribution is 2.60. The number of nitrogens with zero attached hydrogens (tertiary/aromatic N) is 1. The van der Waals surface area contributed by atoms with Crippen LogP contribution in [0.3, 0.4) is 0 Å². The number of hydrogen-bond donors (Lipinski definition) is 2. The Bertz CT molecular complexity index is 494. The third-order valence-corrected chi connectivity index (χ3v) is 6.84. The Hall–Kier alpha value is -1.10. The number of carbonyl (C=O) groups excluding carboxylic acids is 2. The molecule has 4 fully saturated rings. The van der Waals surface area contributed by atoms with Crippen molar-refractivity contribution in [1.29, 1.82) is 0 Å². The summed E-state index contributed by atoms with van der Waals surface area (Å²) in [5.74, 6) is 2.44. The molecule has 0 spiro atoms. The molecular formula is C21H37N3O2. The van der Waals surface area contributed by atoms with E-state index in [4.69, 9.17) is 0 Å². The Kier molecular flexibility index (Phi) is 5.95. The molecule has 0 aromatic carbocycles. The summed E-state index contributed by atoms with van der Waals surface area (Å²) in [6.45, 7) is 5.65. The van der Waals surface area contributed by atoms with Gasteiger partial charge in [0.05, 0.1) is 0 Å². The number of carbonyl (C=O) groups is 2. The molecule has 5 heteroatoms. The van der Waals surface area contributed by atoms with Gasteiger partial charge in [-0.1, -0.05) is 13.8 Å². The highest BCUT2D eigenvalue weighted by atomic mass is 16.2. The maximum atomic E-state index is 13.2. The van der Waals surface area contributed by atoms with Crippen molar-refractivity contribution in [1.82, 2.24) is 15.5 Å². The topological polar surface area (TPSA) is 61.4 Å². The SMILES string of the molecule is CC(C)C(NC(=O)C12CC3CC(CC(C3)C1)C2)C(=O)NCCCN(C)C. The lowest BCUT2D eigenvalue weighted by molar-refractivity contribution is -0.149. The van der Waals surface area contributed by atoms with Gasteiger partial charge in [0.15, 0.2) is 0 Å². The maximum Gasteiger partial charge on any atom is 0.242 e. The highest BCUT2D eigenvalue weighted by Gasteiger charge is 2.55. The molecule has 0 saturated heterocycles. The second-order valence-corrected chi connectivity index (χ2v) is 9.84. The molecule has 0 aromatic rings. The predicted molar refractivity (Wildman–Crippen MR) is 104 cm³/mol. The lowest BCUT2D eigenvalue weighted by Gasteiger charge is -2.55. The predicted octanol–water partition coefficient (Wildman–Crippen LogP) is 2.41. The van der Waals surface area contributed by atoms with Crippen LogP contribution in [0.15, 0.2) is 0 Å². The van der Waals surface area contributed by atoms with E-state index in [0.717, 1.165) is 50.0 Å². The van der Waals surface area contributed by atoms with E-state index < -0.39 is 6.04 Å². The van der Waals surface area contributed by atoms with Crippen molar-refractivity contribution in [2.45, 2.75) is 64.8 Å². The number of rotatable bonds is 8. The first-order valence-corrected chi connectivity index (χ1v) is 10.5. The van der Waals surface area contributed by atoms with Gasteiger partial charge in [-0.3, -0.25) is 9.59 Å². The second-order valence-electron chi connectivity index (χ2n) is 9.84. The van der Waals surface area contributed by atoms with Crippen molar-refractivity contribution >= 4 is 11.8 Å². The van der Waals surface area contributed by atoms with E-state index in [0.29, 0.717) is 6.54 Å². The fourth-order valence-corrected chi connectivity index (χ4v) is 5.93.